The summed E-state index contributed by atoms with van der Waals surface area (Å²) in [6.07, 6.45) is 10.4. The van der Waals surface area contributed by atoms with Crippen LogP contribution in [0.3, 0.4) is 0 Å². The molecule has 2 aliphatic heterocycles. The summed E-state index contributed by atoms with van der Waals surface area (Å²) < 4.78 is 16.7. The Hall–Kier alpha value is -3.69. The van der Waals surface area contributed by atoms with Crippen molar-refractivity contribution in [2.24, 2.45) is 0 Å². The Morgan fingerprint density at radius 3 is 2.23 bits per heavy atom. The molecule has 2 fully saturated rings. The number of benzene rings is 1. The molecule has 2 saturated heterocycles. The molecule has 3 heterocycles. The number of anilines is 2. The van der Waals surface area contributed by atoms with Crippen molar-refractivity contribution in [2.45, 2.75) is 84.6 Å². The zero-order valence-corrected chi connectivity index (χ0v) is 28.9. The Balaban J connectivity index is 1.49. The maximum absolute atomic E-state index is 14.5. The third kappa shape index (κ3) is 9.02. The van der Waals surface area contributed by atoms with Gasteiger partial charge in [0.2, 0.25) is 0 Å². The van der Waals surface area contributed by atoms with Gasteiger partial charge in [-0.05, 0) is 50.0 Å². The zero-order valence-electron chi connectivity index (χ0n) is 27.3. The van der Waals surface area contributed by atoms with E-state index < -0.39 is 5.97 Å². The molecule has 1 N–H and O–H groups in total. The number of aliphatic carboxylic acids is 1. The molecule has 252 valence electrons. The minimum Gasteiger partial charge on any atom is -0.481 e. The van der Waals surface area contributed by atoms with Gasteiger partial charge in [0.15, 0.2) is 0 Å². The number of hydrogen-bond donors (Lipinski definition) is 1. The van der Waals surface area contributed by atoms with Crippen molar-refractivity contribution in [3.8, 4) is 6.07 Å². The third-order valence-electron chi connectivity index (χ3n) is 8.74. The van der Waals surface area contributed by atoms with E-state index in [4.69, 9.17) is 17.3 Å². The van der Waals surface area contributed by atoms with Gasteiger partial charge < -0.3 is 14.9 Å². The molecule has 9 nitrogen and oxygen atoms in total. The van der Waals surface area contributed by atoms with Crippen LogP contribution in [0.25, 0.3) is 6.08 Å². The first-order valence-electron chi connectivity index (χ1n) is 16.6. The number of nitrogens with zero attached hydrogens (tertiary/aromatic N) is 5. The van der Waals surface area contributed by atoms with Crippen LogP contribution in [0, 0.1) is 24.1 Å². The summed E-state index contributed by atoms with van der Waals surface area (Å²) in [5.41, 5.74) is 1.47. The predicted molar refractivity (Wildman–Crippen MR) is 190 cm³/mol. The van der Waals surface area contributed by atoms with Gasteiger partial charge in [-0.1, -0.05) is 81.6 Å². The number of carboxylic acid groups (broad SMARTS) is 1. The number of para-hydroxylation sites is 1. The van der Waals surface area contributed by atoms with Gasteiger partial charge >= 0.3 is 5.97 Å². The van der Waals surface area contributed by atoms with E-state index in [1.807, 2.05) is 17.9 Å². The van der Waals surface area contributed by atoms with Crippen molar-refractivity contribution in [3.63, 3.8) is 0 Å². The van der Waals surface area contributed by atoms with Gasteiger partial charge in [-0.2, -0.15) is 5.26 Å². The number of aromatic nitrogens is 1. The quantitative estimate of drug-likeness (QED) is 0.118. The molecular formula is C35H44FN5O4S2. The van der Waals surface area contributed by atoms with Crippen LogP contribution in [0.15, 0.2) is 34.0 Å². The Kier molecular flexibility index (Phi) is 13.4. The number of carbonyl (C=O) groups excluding carboxylic acids is 1. The Bertz CT molecular complexity index is 1590. The summed E-state index contributed by atoms with van der Waals surface area (Å²) in [6, 6.07) is 8.81. The molecule has 2 aromatic rings. The van der Waals surface area contributed by atoms with Crippen molar-refractivity contribution in [3.05, 3.63) is 62.0 Å². The lowest BCUT2D eigenvalue weighted by Crippen LogP contribution is -2.49. The molecule has 0 aliphatic carbocycles. The third-order valence-corrected chi connectivity index (χ3v) is 10.1. The van der Waals surface area contributed by atoms with Crippen molar-refractivity contribution in [2.75, 3.05) is 42.5 Å². The molecule has 4 rings (SSSR count). The van der Waals surface area contributed by atoms with E-state index in [0.29, 0.717) is 77.5 Å². The summed E-state index contributed by atoms with van der Waals surface area (Å²) in [5, 5.41) is 18.7. The average Bonchev–Trinajstić information content (AvgIpc) is 3.32. The summed E-state index contributed by atoms with van der Waals surface area (Å²) in [4.78, 5) is 44.0. The van der Waals surface area contributed by atoms with Gasteiger partial charge in [0.25, 0.3) is 11.5 Å². The maximum atomic E-state index is 14.5. The highest BCUT2D eigenvalue weighted by molar-refractivity contribution is 8.26. The van der Waals surface area contributed by atoms with E-state index in [1.165, 1.54) is 17.8 Å². The smallest absolute Gasteiger partial charge is 0.303 e. The van der Waals surface area contributed by atoms with Crippen LogP contribution in [0.4, 0.5) is 15.9 Å². The number of carbonyl (C=O) groups is 2. The molecular weight excluding hydrogens is 638 g/mol. The Labute approximate surface area is 286 Å². The monoisotopic (exact) mass is 681 g/mol. The second-order valence-corrected chi connectivity index (χ2v) is 13.7. The summed E-state index contributed by atoms with van der Waals surface area (Å²) >= 11 is 6.86. The number of unbranched alkanes of at least 4 members (excludes halogenated alkanes) is 7. The van der Waals surface area contributed by atoms with Gasteiger partial charge in [0.1, 0.15) is 27.6 Å². The van der Waals surface area contributed by atoms with Gasteiger partial charge in [0.05, 0.1) is 10.6 Å². The first-order chi connectivity index (χ1) is 22.7. The molecule has 2 aliphatic rings. The largest absolute Gasteiger partial charge is 0.481 e. The van der Waals surface area contributed by atoms with Crippen LogP contribution in [-0.2, 0) is 16.1 Å². The molecule has 1 aromatic carbocycles. The van der Waals surface area contributed by atoms with E-state index in [-0.39, 0.29) is 29.3 Å². The molecule has 0 atom stereocenters. The number of thiocarbonyl (C=S) groups is 1. The number of carboxylic acids is 1. The van der Waals surface area contributed by atoms with E-state index in [1.54, 1.807) is 34.6 Å². The normalized spacial score (nSPS) is 16.0. The van der Waals surface area contributed by atoms with Gasteiger partial charge in [-0.3, -0.25) is 23.9 Å². The average molecular weight is 682 g/mol. The van der Waals surface area contributed by atoms with Crippen molar-refractivity contribution >= 4 is 57.8 Å². The SMILES string of the molecule is CCCn1c(N2CCN(c3ccccc3F)CC2)c(/C=C2/SC(=S)N(CCCCCCCCCCC(=O)O)C2=O)c(C)c(C#N)c1=O. The molecule has 47 heavy (non-hydrogen) atoms. The number of hydrogen-bond acceptors (Lipinski definition) is 8. The lowest BCUT2D eigenvalue weighted by Gasteiger charge is -2.39. The number of halogens is 1. The van der Waals surface area contributed by atoms with E-state index in [0.717, 1.165) is 51.4 Å². The molecule has 1 amide bonds. The highest BCUT2D eigenvalue weighted by Gasteiger charge is 2.33. The first kappa shape index (κ1) is 36.2. The minimum absolute atomic E-state index is 0.0656. The number of thioether (sulfide) groups is 1. The van der Waals surface area contributed by atoms with Crippen LogP contribution in [0.1, 0.15) is 87.8 Å². The Morgan fingerprint density at radius 1 is 1.00 bits per heavy atom. The molecule has 1 aromatic heterocycles. The van der Waals surface area contributed by atoms with Crippen LogP contribution in [0.2, 0.25) is 0 Å². The highest BCUT2D eigenvalue weighted by Crippen LogP contribution is 2.36. The number of rotatable bonds is 16. The number of nitriles is 1. The molecule has 0 spiro atoms. The highest BCUT2D eigenvalue weighted by atomic mass is 32.2. The summed E-state index contributed by atoms with van der Waals surface area (Å²) in [6.45, 7) is 6.85. The van der Waals surface area contributed by atoms with Gasteiger partial charge in [-0.15, -0.1) is 0 Å². The van der Waals surface area contributed by atoms with Gasteiger partial charge in [-0.25, -0.2) is 4.39 Å². The van der Waals surface area contributed by atoms with Crippen molar-refractivity contribution < 1.29 is 19.1 Å². The number of pyridine rings is 1. The molecule has 0 radical (unpaired) electrons. The molecule has 0 saturated carbocycles. The Morgan fingerprint density at radius 2 is 1.62 bits per heavy atom. The number of piperazine rings is 1. The first-order valence-corrected chi connectivity index (χ1v) is 17.8. The van der Waals surface area contributed by atoms with E-state index in [2.05, 4.69) is 11.0 Å². The molecule has 0 bridgehead atoms. The minimum atomic E-state index is -0.741. The maximum Gasteiger partial charge on any atom is 0.303 e. The fourth-order valence-electron chi connectivity index (χ4n) is 6.21. The fourth-order valence-corrected chi connectivity index (χ4v) is 7.50. The summed E-state index contributed by atoms with van der Waals surface area (Å²) in [7, 11) is 0. The fraction of sp³-hybridized carbons (Fsp3) is 0.514. The van der Waals surface area contributed by atoms with Crippen LogP contribution >= 0.6 is 24.0 Å². The van der Waals surface area contributed by atoms with Gasteiger partial charge in [0, 0.05) is 51.3 Å². The topological polar surface area (TPSA) is 110 Å². The van der Waals surface area contributed by atoms with E-state index >= 15 is 0 Å². The second-order valence-electron chi connectivity index (χ2n) is 12.0. The van der Waals surface area contributed by atoms with Crippen LogP contribution in [0.5, 0.6) is 0 Å². The number of amides is 1. The van der Waals surface area contributed by atoms with Crippen LogP contribution < -0.4 is 15.4 Å². The van der Waals surface area contributed by atoms with Crippen molar-refractivity contribution in [1.29, 1.82) is 5.26 Å². The van der Waals surface area contributed by atoms with E-state index in [9.17, 15) is 24.0 Å². The summed E-state index contributed by atoms with van der Waals surface area (Å²) in [5.74, 6) is -0.504. The molecule has 12 heteroatoms. The van der Waals surface area contributed by atoms with Crippen molar-refractivity contribution in [1.82, 2.24) is 9.47 Å². The lowest BCUT2D eigenvalue weighted by molar-refractivity contribution is -0.137. The zero-order chi connectivity index (χ0) is 33.9. The predicted octanol–water partition coefficient (Wildman–Crippen LogP) is 6.70. The molecule has 0 unspecified atom stereocenters. The van der Waals surface area contributed by atoms with Crippen LogP contribution in [-0.4, -0.2) is 63.5 Å². The lowest BCUT2D eigenvalue weighted by atomic mass is 10.0. The second kappa shape index (κ2) is 17.5. The standard InChI is InChI=1S/C35H44FN5O4S2/c1-3-17-40-32(39-21-19-38(20-22-39)29-15-12-11-14-28(29)36)26(25(2)27(24-37)33(40)44)23-30-34(45)41(35(46)47-30)18-13-9-7-5-4-6-8-10-16-31(42)43/h11-12,14-15,23H,3-10,13,16-22H2,1-2H3,(H,42,43)/b30-23+.